The summed E-state index contributed by atoms with van der Waals surface area (Å²) in [6.45, 7) is 3.94. The molecule has 20 heavy (non-hydrogen) atoms. The van der Waals surface area contributed by atoms with Crippen molar-refractivity contribution in [3.8, 4) is 0 Å². The van der Waals surface area contributed by atoms with Crippen molar-refractivity contribution in [2.75, 3.05) is 5.32 Å². The molecule has 1 saturated carbocycles. The summed E-state index contributed by atoms with van der Waals surface area (Å²) >= 11 is 5.96. The van der Waals surface area contributed by atoms with Gasteiger partial charge in [0.2, 0.25) is 0 Å². The molecule has 5 nitrogen and oxygen atoms in total. The molecule has 1 aliphatic rings. The van der Waals surface area contributed by atoms with Crippen molar-refractivity contribution >= 4 is 29.3 Å². The summed E-state index contributed by atoms with van der Waals surface area (Å²) < 4.78 is 0. The summed E-state index contributed by atoms with van der Waals surface area (Å²) in [5, 5.41) is 14.7. The number of amides is 2. The fourth-order valence-electron chi connectivity index (χ4n) is 2.11. The molecular formula is C14H17ClN2O3. The van der Waals surface area contributed by atoms with Gasteiger partial charge in [0.15, 0.2) is 0 Å². The number of anilines is 1. The van der Waals surface area contributed by atoms with Gasteiger partial charge in [-0.2, -0.15) is 0 Å². The summed E-state index contributed by atoms with van der Waals surface area (Å²) in [5.41, 5.74) is 0.0860. The van der Waals surface area contributed by atoms with Crippen molar-refractivity contribution in [1.29, 1.82) is 0 Å². The van der Waals surface area contributed by atoms with Crippen molar-refractivity contribution in [1.82, 2.24) is 5.32 Å². The molecule has 2 amide bonds. The number of carbonyl (C=O) groups excluding carboxylic acids is 1. The smallest absolute Gasteiger partial charge is 0.335 e. The lowest BCUT2D eigenvalue weighted by atomic mass is 9.99. The lowest BCUT2D eigenvalue weighted by Gasteiger charge is -2.26. The maximum absolute atomic E-state index is 12.0. The highest BCUT2D eigenvalue weighted by Gasteiger charge is 2.38. The molecule has 1 aliphatic carbocycles. The average molecular weight is 297 g/mol. The molecule has 0 unspecified atom stereocenters. The van der Waals surface area contributed by atoms with E-state index in [-0.39, 0.29) is 22.8 Å². The third-order valence-electron chi connectivity index (χ3n) is 3.50. The van der Waals surface area contributed by atoms with Gasteiger partial charge in [-0.25, -0.2) is 9.59 Å². The van der Waals surface area contributed by atoms with E-state index in [1.165, 1.54) is 18.2 Å². The van der Waals surface area contributed by atoms with Crippen LogP contribution in [0.4, 0.5) is 10.5 Å². The van der Waals surface area contributed by atoms with E-state index in [1.54, 1.807) is 0 Å². The van der Waals surface area contributed by atoms with Crippen LogP contribution in [0.3, 0.4) is 0 Å². The molecule has 6 heteroatoms. The minimum absolute atomic E-state index is 0.0751. The highest BCUT2D eigenvalue weighted by molar-refractivity contribution is 6.33. The molecule has 0 radical (unpaired) electrons. The second kappa shape index (κ2) is 5.32. The molecule has 108 valence electrons. The first-order valence-corrected chi connectivity index (χ1v) is 6.79. The fourth-order valence-corrected chi connectivity index (χ4v) is 2.27. The monoisotopic (exact) mass is 296 g/mol. The molecular weight excluding hydrogens is 280 g/mol. The summed E-state index contributed by atoms with van der Waals surface area (Å²) in [4.78, 5) is 22.9. The van der Waals surface area contributed by atoms with Gasteiger partial charge in [0.1, 0.15) is 0 Å². The molecule has 3 N–H and O–H groups in total. The number of nitrogens with one attached hydrogen (secondary N) is 2. The minimum Gasteiger partial charge on any atom is -0.478 e. The molecule has 0 aliphatic heterocycles. The zero-order chi connectivity index (χ0) is 14.9. The Hall–Kier alpha value is -1.75. The van der Waals surface area contributed by atoms with Crippen LogP contribution in [-0.4, -0.2) is 22.6 Å². The Bertz CT molecular complexity index is 553. The highest BCUT2D eigenvalue weighted by Crippen LogP contribution is 2.39. The van der Waals surface area contributed by atoms with Gasteiger partial charge in [0, 0.05) is 5.54 Å². The van der Waals surface area contributed by atoms with E-state index < -0.39 is 5.97 Å². The summed E-state index contributed by atoms with van der Waals surface area (Å²) in [7, 11) is 0. The molecule has 0 atom stereocenters. The Morgan fingerprint density at radius 2 is 2.00 bits per heavy atom. The SMILES string of the molecule is CC(C)(NC(=O)Nc1cc(C(=O)O)ccc1Cl)C1CC1. The topological polar surface area (TPSA) is 78.4 Å². The van der Waals surface area contributed by atoms with Crippen LogP contribution in [0.2, 0.25) is 5.02 Å². The van der Waals surface area contributed by atoms with Crippen LogP contribution < -0.4 is 10.6 Å². The first kappa shape index (κ1) is 14.7. The number of carbonyl (C=O) groups is 2. The highest BCUT2D eigenvalue weighted by atomic mass is 35.5. The number of carboxylic acids is 1. The number of rotatable bonds is 4. The first-order chi connectivity index (χ1) is 9.29. The van der Waals surface area contributed by atoms with E-state index in [4.69, 9.17) is 16.7 Å². The molecule has 2 rings (SSSR count). The van der Waals surface area contributed by atoms with Crippen molar-refractivity contribution in [2.24, 2.45) is 5.92 Å². The number of urea groups is 1. The molecule has 1 aromatic rings. The van der Waals surface area contributed by atoms with E-state index in [9.17, 15) is 9.59 Å². The standard InChI is InChI=1S/C14H17ClN2O3/c1-14(2,9-4-5-9)17-13(20)16-11-7-8(12(18)19)3-6-10(11)15/h3,6-7,9H,4-5H2,1-2H3,(H,18,19)(H2,16,17,20). The fraction of sp³-hybridized carbons (Fsp3) is 0.429. The number of carboxylic acid groups (broad SMARTS) is 1. The van der Waals surface area contributed by atoms with E-state index in [1.807, 2.05) is 13.8 Å². The van der Waals surface area contributed by atoms with E-state index in [0.717, 1.165) is 12.8 Å². The van der Waals surface area contributed by atoms with Gasteiger partial charge in [-0.05, 0) is 50.8 Å². The zero-order valence-corrected chi connectivity index (χ0v) is 12.1. The number of halogens is 1. The predicted octanol–water partition coefficient (Wildman–Crippen LogP) is 3.35. The Morgan fingerprint density at radius 3 is 2.55 bits per heavy atom. The van der Waals surface area contributed by atoms with Gasteiger partial charge in [0.05, 0.1) is 16.3 Å². The molecule has 0 saturated heterocycles. The summed E-state index contributed by atoms with van der Waals surface area (Å²) in [6.07, 6.45) is 2.23. The lowest BCUT2D eigenvalue weighted by Crippen LogP contribution is -2.47. The van der Waals surface area contributed by atoms with Crippen molar-refractivity contribution in [3.05, 3.63) is 28.8 Å². The van der Waals surface area contributed by atoms with E-state index in [0.29, 0.717) is 10.9 Å². The average Bonchev–Trinajstić information content (AvgIpc) is 3.15. The summed E-state index contributed by atoms with van der Waals surface area (Å²) in [5.74, 6) is -0.572. The number of hydrogen-bond acceptors (Lipinski definition) is 2. The van der Waals surface area contributed by atoms with Crippen LogP contribution in [0.25, 0.3) is 0 Å². The number of benzene rings is 1. The van der Waals surface area contributed by atoms with Crippen LogP contribution >= 0.6 is 11.6 Å². The van der Waals surface area contributed by atoms with E-state index in [2.05, 4.69) is 10.6 Å². The van der Waals surface area contributed by atoms with Crippen LogP contribution in [0.15, 0.2) is 18.2 Å². The van der Waals surface area contributed by atoms with E-state index >= 15 is 0 Å². The largest absolute Gasteiger partial charge is 0.478 e. The number of hydrogen-bond donors (Lipinski definition) is 3. The second-order valence-electron chi connectivity index (χ2n) is 5.57. The van der Waals surface area contributed by atoms with Gasteiger partial charge in [0.25, 0.3) is 0 Å². The Labute approximate surface area is 122 Å². The van der Waals surface area contributed by atoms with Crippen LogP contribution in [0.5, 0.6) is 0 Å². The van der Waals surface area contributed by atoms with Crippen molar-refractivity contribution < 1.29 is 14.7 Å². The third-order valence-corrected chi connectivity index (χ3v) is 3.82. The Kier molecular flexibility index (Phi) is 3.90. The van der Waals surface area contributed by atoms with Crippen LogP contribution in [0, 0.1) is 5.92 Å². The normalized spacial score (nSPS) is 14.8. The molecule has 0 heterocycles. The lowest BCUT2D eigenvalue weighted by molar-refractivity contribution is 0.0697. The van der Waals surface area contributed by atoms with Gasteiger partial charge in [-0.1, -0.05) is 11.6 Å². The predicted molar refractivity (Wildman–Crippen MR) is 77.4 cm³/mol. The van der Waals surface area contributed by atoms with Crippen molar-refractivity contribution in [2.45, 2.75) is 32.2 Å². The zero-order valence-electron chi connectivity index (χ0n) is 11.4. The molecule has 0 spiro atoms. The second-order valence-corrected chi connectivity index (χ2v) is 5.98. The van der Waals surface area contributed by atoms with Gasteiger partial charge >= 0.3 is 12.0 Å². The minimum atomic E-state index is -1.07. The Balaban J connectivity index is 2.07. The third kappa shape index (κ3) is 3.42. The van der Waals surface area contributed by atoms with Crippen LogP contribution in [0.1, 0.15) is 37.0 Å². The Morgan fingerprint density at radius 1 is 1.35 bits per heavy atom. The molecule has 1 aromatic carbocycles. The maximum atomic E-state index is 12.0. The quantitative estimate of drug-likeness (QED) is 0.797. The maximum Gasteiger partial charge on any atom is 0.335 e. The number of aromatic carboxylic acids is 1. The molecule has 0 bridgehead atoms. The van der Waals surface area contributed by atoms with Gasteiger partial charge in [-0.3, -0.25) is 0 Å². The molecule has 0 aromatic heterocycles. The van der Waals surface area contributed by atoms with Gasteiger partial charge < -0.3 is 15.7 Å². The van der Waals surface area contributed by atoms with Gasteiger partial charge in [-0.15, -0.1) is 0 Å². The van der Waals surface area contributed by atoms with Crippen LogP contribution in [-0.2, 0) is 0 Å². The molecule has 1 fully saturated rings. The first-order valence-electron chi connectivity index (χ1n) is 6.41. The summed E-state index contributed by atoms with van der Waals surface area (Å²) in [6, 6.07) is 3.80. The van der Waals surface area contributed by atoms with Crippen molar-refractivity contribution in [3.63, 3.8) is 0 Å².